The van der Waals surface area contributed by atoms with Gasteiger partial charge in [0.2, 0.25) is 0 Å². The van der Waals surface area contributed by atoms with E-state index in [1.165, 1.54) is 0 Å². The molecule has 1 rings (SSSR count). The second kappa shape index (κ2) is 4.06. The number of hydrogen-bond acceptors (Lipinski definition) is 3. The maximum absolute atomic E-state index is 5.54. The van der Waals surface area contributed by atoms with Crippen LogP contribution in [-0.2, 0) is 9.47 Å². The molecular formula is C5H12ClNO2. The zero-order valence-electron chi connectivity index (χ0n) is 5.37. The van der Waals surface area contributed by atoms with Gasteiger partial charge in [0, 0.05) is 7.11 Å². The van der Waals surface area contributed by atoms with Crippen molar-refractivity contribution in [1.29, 1.82) is 0 Å². The van der Waals surface area contributed by atoms with Gasteiger partial charge in [-0.25, -0.2) is 0 Å². The Morgan fingerprint density at radius 1 is 1.67 bits per heavy atom. The van der Waals surface area contributed by atoms with E-state index in [1.54, 1.807) is 7.11 Å². The first-order valence-corrected chi connectivity index (χ1v) is 2.74. The summed E-state index contributed by atoms with van der Waals surface area (Å²) >= 11 is 0. The van der Waals surface area contributed by atoms with Crippen LogP contribution < -0.4 is 5.73 Å². The van der Waals surface area contributed by atoms with Crippen molar-refractivity contribution in [3.63, 3.8) is 0 Å². The molecular weight excluding hydrogens is 142 g/mol. The molecule has 0 amide bonds. The number of methoxy groups -OCH3 is 1. The molecule has 0 aliphatic carbocycles. The number of nitrogens with two attached hydrogens (primary N) is 1. The van der Waals surface area contributed by atoms with Crippen LogP contribution in [0.15, 0.2) is 0 Å². The predicted octanol–water partition coefficient (Wildman–Crippen LogP) is 0.128. The topological polar surface area (TPSA) is 44.5 Å². The van der Waals surface area contributed by atoms with Crippen molar-refractivity contribution in [3.8, 4) is 0 Å². The van der Waals surface area contributed by atoms with Crippen molar-refractivity contribution in [2.45, 2.75) is 18.8 Å². The summed E-state index contributed by atoms with van der Waals surface area (Å²) in [6.45, 7) is 0.736. The van der Waals surface area contributed by atoms with Crippen LogP contribution in [0.2, 0.25) is 0 Å². The summed E-state index contributed by atoms with van der Waals surface area (Å²) in [6.07, 6.45) is 0.758. The molecule has 1 fully saturated rings. The van der Waals surface area contributed by atoms with E-state index in [-0.39, 0.29) is 24.7 Å². The summed E-state index contributed by atoms with van der Waals surface area (Å²) in [6, 6.07) is 0.0833. The van der Waals surface area contributed by atoms with Crippen molar-refractivity contribution >= 4 is 12.4 Å². The molecule has 2 N–H and O–H groups in total. The fraction of sp³-hybridized carbons (Fsp3) is 1.00. The highest BCUT2D eigenvalue weighted by Gasteiger charge is 2.23. The van der Waals surface area contributed by atoms with Crippen LogP contribution in [0.4, 0.5) is 0 Å². The van der Waals surface area contributed by atoms with Crippen LogP contribution in [0.25, 0.3) is 0 Å². The molecule has 9 heavy (non-hydrogen) atoms. The van der Waals surface area contributed by atoms with Gasteiger partial charge in [0.15, 0.2) is 6.29 Å². The normalized spacial score (nSPS) is 34.0. The van der Waals surface area contributed by atoms with Crippen molar-refractivity contribution < 1.29 is 9.47 Å². The van der Waals surface area contributed by atoms with Gasteiger partial charge in [-0.1, -0.05) is 0 Å². The second-order valence-corrected chi connectivity index (χ2v) is 1.93. The van der Waals surface area contributed by atoms with E-state index in [9.17, 15) is 0 Å². The molecule has 0 saturated carbocycles. The van der Waals surface area contributed by atoms with Gasteiger partial charge in [0.05, 0.1) is 12.6 Å². The molecule has 1 heterocycles. The first-order valence-electron chi connectivity index (χ1n) is 2.74. The van der Waals surface area contributed by atoms with E-state index in [0.717, 1.165) is 13.0 Å². The number of halogens is 1. The molecule has 0 aromatic rings. The van der Waals surface area contributed by atoms with Crippen molar-refractivity contribution in [2.75, 3.05) is 13.7 Å². The molecule has 2 atom stereocenters. The lowest BCUT2D eigenvalue weighted by atomic mass is 10.3. The Hall–Kier alpha value is 0.170. The van der Waals surface area contributed by atoms with Gasteiger partial charge >= 0.3 is 0 Å². The Morgan fingerprint density at radius 3 is 2.56 bits per heavy atom. The zero-order valence-corrected chi connectivity index (χ0v) is 6.19. The highest BCUT2D eigenvalue weighted by Crippen LogP contribution is 2.10. The second-order valence-electron chi connectivity index (χ2n) is 1.93. The fourth-order valence-electron chi connectivity index (χ4n) is 0.823. The third-order valence-corrected chi connectivity index (χ3v) is 1.32. The maximum atomic E-state index is 5.54. The summed E-state index contributed by atoms with van der Waals surface area (Å²) in [5.41, 5.74) is 5.54. The maximum Gasteiger partial charge on any atom is 0.172 e. The van der Waals surface area contributed by atoms with Gasteiger partial charge in [0.1, 0.15) is 0 Å². The SMILES string of the molecule is COC1OCCC1N.Cl. The predicted molar refractivity (Wildman–Crippen MR) is 36.6 cm³/mol. The first-order chi connectivity index (χ1) is 3.84. The third-order valence-electron chi connectivity index (χ3n) is 1.32. The molecule has 0 bridgehead atoms. The average molecular weight is 154 g/mol. The summed E-state index contributed by atoms with van der Waals surface area (Å²) in [7, 11) is 1.61. The average Bonchev–Trinajstić information content (AvgIpc) is 2.14. The highest BCUT2D eigenvalue weighted by atomic mass is 35.5. The van der Waals surface area contributed by atoms with Crippen LogP contribution in [0, 0.1) is 0 Å². The molecule has 56 valence electrons. The summed E-state index contributed by atoms with van der Waals surface area (Å²) < 4.78 is 9.94. The highest BCUT2D eigenvalue weighted by molar-refractivity contribution is 5.85. The summed E-state index contributed by atoms with van der Waals surface area (Å²) in [5, 5.41) is 0. The molecule has 1 aliphatic rings. The molecule has 2 unspecified atom stereocenters. The lowest BCUT2D eigenvalue weighted by Gasteiger charge is -2.10. The fourth-order valence-corrected chi connectivity index (χ4v) is 0.823. The number of ether oxygens (including phenoxy) is 2. The van der Waals surface area contributed by atoms with Gasteiger partial charge in [0.25, 0.3) is 0 Å². The van der Waals surface area contributed by atoms with Crippen LogP contribution in [0.1, 0.15) is 6.42 Å². The summed E-state index contributed by atoms with van der Waals surface area (Å²) in [5.74, 6) is 0. The van der Waals surface area contributed by atoms with Crippen LogP contribution in [-0.4, -0.2) is 26.0 Å². The minimum Gasteiger partial charge on any atom is -0.354 e. The minimum absolute atomic E-state index is 0. The Labute approximate surface area is 60.9 Å². The quantitative estimate of drug-likeness (QED) is 0.583. The van der Waals surface area contributed by atoms with Crippen molar-refractivity contribution in [3.05, 3.63) is 0 Å². The van der Waals surface area contributed by atoms with Crippen molar-refractivity contribution in [1.82, 2.24) is 0 Å². The first kappa shape index (κ1) is 9.17. The van der Waals surface area contributed by atoms with Crippen LogP contribution in [0.5, 0.6) is 0 Å². The van der Waals surface area contributed by atoms with Gasteiger partial charge < -0.3 is 15.2 Å². The Morgan fingerprint density at radius 2 is 2.33 bits per heavy atom. The molecule has 0 aromatic heterocycles. The van der Waals surface area contributed by atoms with Gasteiger partial charge in [-0.3, -0.25) is 0 Å². The standard InChI is InChI=1S/C5H11NO2.ClH/c1-7-5-4(6)2-3-8-5;/h4-5H,2-3,6H2,1H3;1H. The zero-order chi connectivity index (χ0) is 5.98. The molecule has 1 aliphatic heterocycles. The number of hydrogen-bond donors (Lipinski definition) is 1. The third kappa shape index (κ3) is 2.10. The molecule has 3 nitrogen and oxygen atoms in total. The van der Waals surface area contributed by atoms with Gasteiger partial charge in [-0.05, 0) is 6.42 Å². The van der Waals surface area contributed by atoms with Crippen molar-refractivity contribution in [2.24, 2.45) is 5.73 Å². The number of rotatable bonds is 1. The van der Waals surface area contributed by atoms with Gasteiger partial charge in [-0.2, -0.15) is 0 Å². The Kier molecular flexibility index (Phi) is 4.14. The van der Waals surface area contributed by atoms with Crippen LogP contribution in [0.3, 0.4) is 0 Å². The molecule has 0 radical (unpaired) electrons. The van der Waals surface area contributed by atoms with E-state index in [2.05, 4.69) is 0 Å². The van der Waals surface area contributed by atoms with E-state index in [0.29, 0.717) is 0 Å². The molecule has 1 saturated heterocycles. The van der Waals surface area contributed by atoms with E-state index in [4.69, 9.17) is 15.2 Å². The lowest BCUT2D eigenvalue weighted by Crippen LogP contribution is -2.31. The largest absolute Gasteiger partial charge is 0.354 e. The lowest BCUT2D eigenvalue weighted by molar-refractivity contribution is -0.0948. The summed E-state index contributed by atoms with van der Waals surface area (Å²) in [4.78, 5) is 0. The van der Waals surface area contributed by atoms with E-state index < -0.39 is 0 Å². The molecule has 4 heteroatoms. The minimum atomic E-state index is -0.157. The van der Waals surface area contributed by atoms with E-state index >= 15 is 0 Å². The molecule has 0 spiro atoms. The smallest absolute Gasteiger partial charge is 0.172 e. The van der Waals surface area contributed by atoms with Crippen LogP contribution >= 0.6 is 12.4 Å². The Balaban J connectivity index is 0.000000640. The Bertz CT molecular complexity index is 81.4. The monoisotopic (exact) mass is 153 g/mol. The molecule has 0 aromatic carbocycles. The van der Waals surface area contributed by atoms with Gasteiger partial charge in [-0.15, -0.1) is 12.4 Å². The van der Waals surface area contributed by atoms with E-state index in [1.807, 2.05) is 0 Å².